The van der Waals surface area contributed by atoms with Crippen LogP contribution in [0.15, 0.2) is 18.2 Å². The molecule has 1 saturated carbocycles. The lowest BCUT2D eigenvalue weighted by atomic mass is 10.1. The van der Waals surface area contributed by atoms with Gasteiger partial charge < -0.3 is 10.5 Å². The Kier molecular flexibility index (Phi) is 4.90. The molecule has 1 aliphatic rings. The van der Waals surface area contributed by atoms with Gasteiger partial charge >= 0.3 is 0 Å². The largest absolute Gasteiger partial charge is 0.492 e. The quantitative estimate of drug-likeness (QED) is 0.881. The molecule has 2 nitrogen and oxygen atoms in total. The predicted octanol–water partition coefficient (Wildman–Crippen LogP) is 3.80. The number of halogens is 1. The van der Waals surface area contributed by atoms with E-state index in [1.54, 1.807) is 0 Å². The van der Waals surface area contributed by atoms with Gasteiger partial charge in [-0.25, -0.2) is 0 Å². The maximum atomic E-state index is 6.23. The number of rotatable bonds is 5. The average Bonchev–Trinajstić information content (AvgIpc) is 2.80. The molecule has 3 heteroatoms. The normalized spacial score (nSPS) is 17.9. The average molecular weight is 268 g/mol. The maximum Gasteiger partial charge on any atom is 0.137 e. The standard InChI is InChI=1S/C15H22ClNO/c1-11(17)8-13-6-7-15(14(16)9-13)18-10-12-4-2-3-5-12/h6-7,9,11-12H,2-5,8,10,17H2,1H3. The van der Waals surface area contributed by atoms with Crippen molar-refractivity contribution < 1.29 is 4.74 Å². The van der Waals surface area contributed by atoms with Crippen molar-refractivity contribution in [2.75, 3.05) is 6.61 Å². The van der Waals surface area contributed by atoms with Crippen molar-refractivity contribution in [2.45, 2.75) is 45.1 Å². The highest BCUT2D eigenvalue weighted by Crippen LogP contribution is 2.29. The first-order chi connectivity index (χ1) is 8.65. The third-order valence-electron chi connectivity index (χ3n) is 3.50. The highest BCUT2D eigenvalue weighted by molar-refractivity contribution is 6.32. The third-order valence-corrected chi connectivity index (χ3v) is 3.80. The Balaban J connectivity index is 1.92. The summed E-state index contributed by atoms with van der Waals surface area (Å²) in [7, 11) is 0. The monoisotopic (exact) mass is 267 g/mol. The van der Waals surface area contributed by atoms with E-state index in [1.165, 1.54) is 31.2 Å². The van der Waals surface area contributed by atoms with E-state index in [2.05, 4.69) is 6.07 Å². The zero-order chi connectivity index (χ0) is 13.0. The molecule has 0 saturated heterocycles. The van der Waals surface area contributed by atoms with Crippen LogP contribution in [0.1, 0.15) is 38.2 Å². The van der Waals surface area contributed by atoms with E-state index in [4.69, 9.17) is 22.1 Å². The molecule has 1 aromatic carbocycles. The van der Waals surface area contributed by atoms with E-state index in [1.807, 2.05) is 19.1 Å². The van der Waals surface area contributed by atoms with Crippen LogP contribution in [-0.4, -0.2) is 12.6 Å². The summed E-state index contributed by atoms with van der Waals surface area (Å²) >= 11 is 6.23. The van der Waals surface area contributed by atoms with Gasteiger partial charge in [0.25, 0.3) is 0 Å². The second-order valence-corrected chi connectivity index (χ2v) is 5.81. The molecule has 0 aliphatic heterocycles. The Morgan fingerprint density at radius 3 is 2.72 bits per heavy atom. The summed E-state index contributed by atoms with van der Waals surface area (Å²) in [5.74, 6) is 1.52. The number of ether oxygens (including phenoxy) is 1. The van der Waals surface area contributed by atoms with Crippen LogP contribution in [0.25, 0.3) is 0 Å². The topological polar surface area (TPSA) is 35.2 Å². The van der Waals surface area contributed by atoms with Crippen LogP contribution < -0.4 is 10.5 Å². The van der Waals surface area contributed by atoms with Gasteiger partial charge in [-0.2, -0.15) is 0 Å². The smallest absolute Gasteiger partial charge is 0.137 e. The lowest BCUT2D eigenvalue weighted by Crippen LogP contribution is -2.17. The Morgan fingerprint density at radius 2 is 2.11 bits per heavy atom. The van der Waals surface area contributed by atoms with Gasteiger partial charge in [0.05, 0.1) is 11.6 Å². The number of hydrogen-bond donors (Lipinski definition) is 1. The lowest BCUT2D eigenvalue weighted by Gasteiger charge is -2.13. The van der Waals surface area contributed by atoms with Gasteiger partial charge in [0.1, 0.15) is 5.75 Å². The molecular formula is C15H22ClNO. The number of nitrogens with two attached hydrogens (primary N) is 1. The van der Waals surface area contributed by atoms with E-state index in [-0.39, 0.29) is 6.04 Å². The molecule has 1 aliphatic carbocycles. The fourth-order valence-corrected chi connectivity index (χ4v) is 2.80. The Hall–Kier alpha value is -0.730. The molecule has 2 N–H and O–H groups in total. The molecule has 0 aromatic heterocycles. The van der Waals surface area contributed by atoms with Crippen LogP contribution in [0.3, 0.4) is 0 Å². The molecular weight excluding hydrogens is 246 g/mol. The number of benzene rings is 1. The van der Waals surface area contributed by atoms with Crippen LogP contribution >= 0.6 is 11.6 Å². The van der Waals surface area contributed by atoms with Crippen molar-refractivity contribution >= 4 is 11.6 Å². The highest BCUT2D eigenvalue weighted by atomic mass is 35.5. The second kappa shape index (κ2) is 6.44. The maximum absolute atomic E-state index is 6.23. The van der Waals surface area contributed by atoms with Gasteiger partial charge in [-0.15, -0.1) is 0 Å². The first-order valence-electron chi connectivity index (χ1n) is 6.82. The molecule has 0 bridgehead atoms. The first kappa shape index (κ1) is 13.7. The van der Waals surface area contributed by atoms with Crippen LogP contribution in [-0.2, 0) is 6.42 Å². The molecule has 1 unspecified atom stereocenters. The van der Waals surface area contributed by atoms with Gasteiger partial charge in [0.15, 0.2) is 0 Å². The molecule has 0 spiro atoms. The summed E-state index contributed by atoms with van der Waals surface area (Å²) in [6.07, 6.45) is 6.12. The van der Waals surface area contributed by atoms with Gasteiger partial charge in [0.2, 0.25) is 0 Å². The van der Waals surface area contributed by atoms with Crippen molar-refractivity contribution in [3.8, 4) is 5.75 Å². The van der Waals surface area contributed by atoms with Crippen LogP contribution in [0.2, 0.25) is 5.02 Å². The summed E-state index contributed by atoms with van der Waals surface area (Å²) in [5.41, 5.74) is 6.95. The molecule has 0 amide bonds. The van der Waals surface area contributed by atoms with Crippen LogP contribution in [0, 0.1) is 5.92 Å². The minimum absolute atomic E-state index is 0.159. The highest BCUT2D eigenvalue weighted by Gasteiger charge is 2.16. The molecule has 18 heavy (non-hydrogen) atoms. The zero-order valence-corrected chi connectivity index (χ0v) is 11.7. The summed E-state index contributed by atoms with van der Waals surface area (Å²) in [6, 6.07) is 6.15. The molecule has 0 heterocycles. The third kappa shape index (κ3) is 3.89. The predicted molar refractivity (Wildman–Crippen MR) is 76.3 cm³/mol. The first-order valence-corrected chi connectivity index (χ1v) is 7.20. The van der Waals surface area contributed by atoms with E-state index < -0.39 is 0 Å². The molecule has 100 valence electrons. The summed E-state index contributed by atoms with van der Waals surface area (Å²) in [4.78, 5) is 0. The van der Waals surface area contributed by atoms with Crippen LogP contribution in [0.5, 0.6) is 5.75 Å². The van der Waals surface area contributed by atoms with Crippen LogP contribution in [0.4, 0.5) is 0 Å². The Morgan fingerprint density at radius 1 is 1.39 bits per heavy atom. The van der Waals surface area contributed by atoms with Gasteiger partial charge in [-0.3, -0.25) is 0 Å². The van der Waals surface area contributed by atoms with E-state index >= 15 is 0 Å². The number of hydrogen-bond acceptors (Lipinski definition) is 2. The molecule has 1 fully saturated rings. The van der Waals surface area contributed by atoms with Gasteiger partial charge in [0, 0.05) is 6.04 Å². The summed E-state index contributed by atoms with van der Waals surface area (Å²) in [6.45, 7) is 2.80. The minimum atomic E-state index is 0.159. The van der Waals surface area contributed by atoms with E-state index in [9.17, 15) is 0 Å². The molecule has 0 radical (unpaired) electrons. The Bertz CT molecular complexity index is 386. The van der Waals surface area contributed by atoms with Crippen molar-refractivity contribution in [3.63, 3.8) is 0 Å². The molecule has 1 aromatic rings. The van der Waals surface area contributed by atoms with Crippen molar-refractivity contribution in [1.82, 2.24) is 0 Å². The lowest BCUT2D eigenvalue weighted by molar-refractivity contribution is 0.252. The van der Waals surface area contributed by atoms with Crippen molar-refractivity contribution in [3.05, 3.63) is 28.8 Å². The fourth-order valence-electron chi connectivity index (χ4n) is 2.54. The Labute approximate surface area is 114 Å². The summed E-state index contributed by atoms with van der Waals surface area (Å²) < 4.78 is 5.82. The summed E-state index contributed by atoms with van der Waals surface area (Å²) in [5, 5.41) is 0.700. The van der Waals surface area contributed by atoms with Gasteiger partial charge in [-0.1, -0.05) is 30.5 Å². The fraction of sp³-hybridized carbons (Fsp3) is 0.600. The molecule has 1 atom stereocenters. The SMILES string of the molecule is CC(N)Cc1ccc(OCC2CCCC2)c(Cl)c1. The second-order valence-electron chi connectivity index (χ2n) is 5.41. The van der Waals surface area contributed by atoms with Gasteiger partial charge in [-0.05, 0) is 49.8 Å². The van der Waals surface area contributed by atoms with Crippen molar-refractivity contribution in [2.24, 2.45) is 11.7 Å². The van der Waals surface area contributed by atoms with E-state index in [0.717, 1.165) is 18.8 Å². The van der Waals surface area contributed by atoms with E-state index in [0.29, 0.717) is 10.9 Å². The minimum Gasteiger partial charge on any atom is -0.492 e. The van der Waals surface area contributed by atoms with Crippen molar-refractivity contribution in [1.29, 1.82) is 0 Å². The molecule has 2 rings (SSSR count). The zero-order valence-electron chi connectivity index (χ0n) is 11.0.